The van der Waals surface area contributed by atoms with Gasteiger partial charge in [-0.25, -0.2) is 4.39 Å². The summed E-state index contributed by atoms with van der Waals surface area (Å²) in [7, 11) is 2.74. The van der Waals surface area contributed by atoms with Crippen LogP contribution in [-0.4, -0.2) is 17.9 Å². The summed E-state index contributed by atoms with van der Waals surface area (Å²) in [5.41, 5.74) is -4.92. The molecule has 2 unspecified atom stereocenters. The minimum absolute atomic E-state index is 0.00988. The van der Waals surface area contributed by atoms with Crippen molar-refractivity contribution in [1.82, 2.24) is 0 Å². The van der Waals surface area contributed by atoms with Crippen LogP contribution in [0, 0.1) is 12.7 Å². The van der Waals surface area contributed by atoms with Crippen molar-refractivity contribution in [1.29, 1.82) is 0 Å². The first kappa shape index (κ1) is 17.8. The Balaban J connectivity index is 2.56. The van der Waals surface area contributed by atoms with Crippen molar-refractivity contribution in [3.8, 4) is 5.75 Å². The van der Waals surface area contributed by atoms with Crippen molar-refractivity contribution in [3.63, 3.8) is 0 Å². The standard InChI is InChI=1S/C17H18F3O2P/c1-11-3-8-15(22-2)14(9-11)16(21,17(19,20)23)10-12-4-6-13(18)7-5-12/h3-9,21H,10,23H2,1-2H3. The van der Waals surface area contributed by atoms with Crippen LogP contribution >= 0.6 is 9.24 Å². The van der Waals surface area contributed by atoms with Gasteiger partial charge in [-0.2, -0.15) is 8.78 Å². The van der Waals surface area contributed by atoms with Crippen molar-refractivity contribution >= 4 is 9.24 Å². The molecule has 23 heavy (non-hydrogen) atoms. The fourth-order valence-corrected chi connectivity index (χ4v) is 2.69. The Labute approximate surface area is 135 Å². The molecule has 0 aliphatic rings. The SMILES string of the molecule is COc1ccc(C)cc1C(O)(Cc1ccc(F)cc1)C(F)(F)P. The van der Waals surface area contributed by atoms with Gasteiger partial charge in [-0.1, -0.05) is 33.0 Å². The minimum atomic E-state index is -3.51. The van der Waals surface area contributed by atoms with E-state index < -0.39 is 17.1 Å². The van der Waals surface area contributed by atoms with E-state index in [9.17, 15) is 18.3 Å². The van der Waals surface area contributed by atoms with Crippen LogP contribution in [0.1, 0.15) is 16.7 Å². The Morgan fingerprint density at radius 3 is 2.26 bits per heavy atom. The molecule has 6 heteroatoms. The molecule has 2 aromatic carbocycles. The molecule has 0 aromatic heterocycles. The van der Waals surface area contributed by atoms with E-state index in [1.54, 1.807) is 13.0 Å². The van der Waals surface area contributed by atoms with E-state index in [-0.39, 0.29) is 17.7 Å². The van der Waals surface area contributed by atoms with Crippen LogP contribution in [0.15, 0.2) is 42.5 Å². The lowest BCUT2D eigenvalue weighted by molar-refractivity contribution is -0.128. The van der Waals surface area contributed by atoms with E-state index in [4.69, 9.17) is 4.74 Å². The highest BCUT2D eigenvalue weighted by Gasteiger charge is 2.51. The molecule has 2 rings (SSSR count). The third kappa shape index (κ3) is 3.67. The largest absolute Gasteiger partial charge is 0.496 e. The summed E-state index contributed by atoms with van der Waals surface area (Å²) in [6.07, 6.45) is -0.385. The van der Waals surface area contributed by atoms with Crippen LogP contribution < -0.4 is 4.74 Å². The fourth-order valence-electron chi connectivity index (χ4n) is 2.44. The fraction of sp³-hybridized carbons (Fsp3) is 0.294. The monoisotopic (exact) mass is 342 g/mol. The Kier molecular flexibility index (Phi) is 5.02. The first-order valence-electron chi connectivity index (χ1n) is 6.96. The first-order valence-corrected chi connectivity index (χ1v) is 7.54. The van der Waals surface area contributed by atoms with Crippen LogP contribution in [-0.2, 0) is 12.0 Å². The van der Waals surface area contributed by atoms with Gasteiger partial charge in [0.1, 0.15) is 11.6 Å². The average Bonchev–Trinajstić information content (AvgIpc) is 2.48. The van der Waals surface area contributed by atoms with Crippen molar-refractivity contribution in [2.75, 3.05) is 7.11 Å². The van der Waals surface area contributed by atoms with E-state index >= 15 is 0 Å². The third-order valence-electron chi connectivity index (χ3n) is 3.73. The second-order valence-electron chi connectivity index (χ2n) is 5.49. The van der Waals surface area contributed by atoms with Gasteiger partial charge in [-0.15, -0.1) is 0 Å². The smallest absolute Gasteiger partial charge is 0.291 e. The Morgan fingerprint density at radius 1 is 1.13 bits per heavy atom. The van der Waals surface area contributed by atoms with Crippen molar-refractivity contribution in [3.05, 3.63) is 65.0 Å². The first-order chi connectivity index (χ1) is 10.7. The maximum atomic E-state index is 14.3. The molecule has 0 saturated carbocycles. The van der Waals surface area contributed by atoms with Gasteiger partial charge in [-0.3, -0.25) is 0 Å². The number of hydrogen-bond acceptors (Lipinski definition) is 2. The lowest BCUT2D eigenvalue weighted by atomic mass is 9.85. The van der Waals surface area contributed by atoms with Gasteiger partial charge in [0.15, 0.2) is 5.60 Å². The maximum absolute atomic E-state index is 14.3. The molecule has 0 spiro atoms. The van der Waals surface area contributed by atoms with Crippen LogP contribution in [0.25, 0.3) is 0 Å². The van der Waals surface area contributed by atoms with Crippen LogP contribution in [0.2, 0.25) is 0 Å². The van der Waals surface area contributed by atoms with E-state index in [0.29, 0.717) is 11.1 Å². The van der Waals surface area contributed by atoms with Gasteiger partial charge in [-0.05, 0) is 36.8 Å². The predicted molar refractivity (Wildman–Crippen MR) is 86.4 cm³/mol. The zero-order valence-corrected chi connectivity index (χ0v) is 14.0. The molecular weight excluding hydrogens is 324 g/mol. The van der Waals surface area contributed by atoms with Crippen LogP contribution in [0.4, 0.5) is 13.2 Å². The lowest BCUT2D eigenvalue weighted by Crippen LogP contribution is -2.43. The molecule has 2 aromatic rings. The number of ether oxygens (including phenoxy) is 1. The van der Waals surface area contributed by atoms with Gasteiger partial charge in [0.2, 0.25) is 0 Å². The van der Waals surface area contributed by atoms with Gasteiger partial charge >= 0.3 is 0 Å². The molecule has 0 saturated heterocycles. The number of benzene rings is 2. The number of hydrogen-bond donors (Lipinski definition) is 1. The van der Waals surface area contributed by atoms with Gasteiger partial charge in [0.05, 0.1) is 7.11 Å². The molecule has 0 fully saturated rings. The summed E-state index contributed by atoms with van der Waals surface area (Å²) < 4.78 is 46.7. The third-order valence-corrected chi connectivity index (χ3v) is 4.20. The normalized spacial score (nSPS) is 14.4. The molecule has 0 radical (unpaired) electrons. The highest BCUT2D eigenvalue weighted by Crippen LogP contribution is 2.47. The lowest BCUT2D eigenvalue weighted by Gasteiger charge is -2.35. The quantitative estimate of drug-likeness (QED) is 0.831. The molecule has 2 nitrogen and oxygen atoms in total. The topological polar surface area (TPSA) is 29.5 Å². The number of alkyl halides is 2. The van der Waals surface area contributed by atoms with E-state index in [1.165, 1.54) is 52.7 Å². The Morgan fingerprint density at radius 2 is 1.74 bits per heavy atom. The highest BCUT2D eigenvalue weighted by molar-refractivity contribution is 7.18. The molecule has 0 amide bonds. The summed E-state index contributed by atoms with van der Waals surface area (Å²) in [5.74, 6) is -0.301. The Bertz CT molecular complexity index is 683. The molecule has 0 bridgehead atoms. The molecule has 1 N–H and O–H groups in total. The van der Waals surface area contributed by atoms with Crippen molar-refractivity contribution in [2.45, 2.75) is 24.6 Å². The summed E-state index contributed by atoms with van der Waals surface area (Å²) in [5, 5.41) is 10.8. The van der Waals surface area contributed by atoms with E-state index in [0.717, 1.165) is 0 Å². The zero-order valence-electron chi connectivity index (χ0n) is 12.8. The molecule has 0 aliphatic carbocycles. The molecule has 0 heterocycles. The molecule has 2 atom stereocenters. The summed E-state index contributed by atoms with van der Waals surface area (Å²) in [4.78, 5) is 0. The zero-order chi connectivity index (χ0) is 17.3. The van der Waals surface area contributed by atoms with E-state index in [2.05, 4.69) is 0 Å². The van der Waals surface area contributed by atoms with Crippen LogP contribution in [0.3, 0.4) is 0 Å². The number of aryl methyl sites for hydroxylation is 1. The molecule has 124 valence electrons. The highest BCUT2D eigenvalue weighted by atomic mass is 31.0. The molecule has 0 aliphatic heterocycles. The summed E-state index contributed by atoms with van der Waals surface area (Å²) >= 11 is 0. The summed E-state index contributed by atoms with van der Waals surface area (Å²) in [6, 6.07) is 9.81. The number of methoxy groups -OCH3 is 1. The second kappa shape index (κ2) is 6.50. The number of rotatable bonds is 5. The minimum Gasteiger partial charge on any atom is -0.496 e. The van der Waals surface area contributed by atoms with Crippen molar-refractivity contribution < 1.29 is 23.0 Å². The average molecular weight is 342 g/mol. The number of halogens is 3. The van der Waals surface area contributed by atoms with E-state index in [1.807, 2.05) is 0 Å². The van der Waals surface area contributed by atoms with Gasteiger partial charge in [0, 0.05) is 12.0 Å². The van der Waals surface area contributed by atoms with Gasteiger partial charge < -0.3 is 9.84 Å². The molecular formula is C17H18F3O2P. The maximum Gasteiger partial charge on any atom is 0.291 e. The van der Waals surface area contributed by atoms with Crippen LogP contribution in [0.5, 0.6) is 5.75 Å². The number of aliphatic hydroxyl groups is 1. The van der Waals surface area contributed by atoms with Gasteiger partial charge in [0.25, 0.3) is 5.66 Å². The van der Waals surface area contributed by atoms with Crippen molar-refractivity contribution in [2.24, 2.45) is 0 Å². The predicted octanol–water partition coefficient (Wildman–Crippen LogP) is 4.04. The Hall–Kier alpha value is -1.58. The second-order valence-corrected chi connectivity index (χ2v) is 6.22. The summed E-state index contributed by atoms with van der Waals surface area (Å²) in [6.45, 7) is 1.74.